The van der Waals surface area contributed by atoms with E-state index in [9.17, 15) is 4.53 Å². The van der Waals surface area contributed by atoms with Crippen molar-refractivity contribution in [1.29, 1.82) is 0 Å². The van der Waals surface area contributed by atoms with E-state index in [1.165, 1.54) is 0 Å². The van der Waals surface area contributed by atoms with Crippen molar-refractivity contribution in [3.05, 3.63) is 0 Å². The number of halogens is 1. The standard InChI is InChI=1S/Al.FH3O4Si.K.4H/c;1-5-6(2,3)4;;;;;/h;2-4H;;;;;/q;;+1;;;;-1. The third kappa shape index (κ3) is 15.7. The van der Waals surface area contributed by atoms with Gasteiger partial charge in [0.05, 0.1) is 0 Å². The zero-order valence-electron chi connectivity index (χ0n) is 4.63. The Morgan fingerprint density at radius 1 is 1.38 bits per heavy atom. The number of rotatable bonds is 1. The Balaban J connectivity index is -0.0000000417. The van der Waals surface area contributed by atoms with Gasteiger partial charge in [-0.25, -0.2) is 0 Å². The predicted octanol–water partition coefficient (Wildman–Crippen LogP) is -5.77. The molecule has 0 aliphatic heterocycles. The van der Waals surface area contributed by atoms with Crippen LogP contribution in [0.5, 0.6) is 0 Å². The second-order valence-corrected chi connectivity index (χ2v) is 1.95. The molecule has 0 fully saturated rings. The molecule has 0 saturated carbocycles. The van der Waals surface area contributed by atoms with Gasteiger partial charge in [0.1, 0.15) is 0 Å². The third-order valence-electron chi connectivity index (χ3n) is 0.104. The van der Waals surface area contributed by atoms with E-state index in [0.717, 1.165) is 0 Å². The summed E-state index contributed by atoms with van der Waals surface area (Å²) in [5.74, 6) is 0. The first-order chi connectivity index (χ1) is 2.56. The molecular weight excluding hydrogens is 177 g/mol. The summed E-state index contributed by atoms with van der Waals surface area (Å²) >= 11 is 0. The SMILES string of the molecule is O[Si](O)(O)OF.[AlH3].[H-].[K+]. The van der Waals surface area contributed by atoms with Crippen molar-refractivity contribution >= 4 is 26.4 Å². The van der Waals surface area contributed by atoms with Crippen LogP contribution in [0, 0.1) is 0 Å². The van der Waals surface area contributed by atoms with Crippen molar-refractivity contribution in [1.82, 2.24) is 0 Å². The molecule has 3 N–H and O–H groups in total. The fourth-order valence-corrected chi connectivity index (χ4v) is 0. The molecular formula is H7AlFKO4Si. The van der Waals surface area contributed by atoms with Gasteiger partial charge in [0.2, 0.25) is 0 Å². The van der Waals surface area contributed by atoms with Crippen LogP contribution in [-0.2, 0) is 4.63 Å². The fourth-order valence-electron chi connectivity index (χ4n) is 0. The molecule has 0 aliphatic rings. The average Bonchev–Trinajstić information content (AvgIpc) is 1.35. The average molecular weight is 184 g/mol. The van der Waals surface area contributed by atoms with Crippen LogP contribution in [-0.4, -0.2) is 40.8 Å². The minimum atomic E-state index is -4.80. The van der Waals surface area contributed by atoms with Crippen LogP contribution in [0.15, 0.2) is 0 Å². The first kappa shape index (κ1) is 16.6. The Labute approximate surface area is 101 Å². The van der Waals surface area contributed by atoms with Gasteiger partial charge in [0, 0.05) is 0 Å². The molecule has 0 aromatic rings. The fraction of sp³-hybridized carbons (Fsp3) is 0. The van der Waals surface area contributed by atoms with E-state index in [-0.39, 0.29) is 70.2 Å². The largest absolute Gasteiger partial charge is 1.00 e. The third-order valence-corrected chi connectivity index (χ3v) is 0.311. The van der Waals surface area contributed by atoms with E-state index in [1.54, 1.807) is 0 Å². The second-order valence-electron chi connectivity index (χ2n) is 0.651. The molecule has 0 spiro atoms. The van der Waals surface area contributed by atoms with Crippen molar-refractivity contribution in [3.8, 4) is 0 Å². The molecule has 4 nitrogen and oxygen atoms in total. The molecule has 0 amide bonds. The maximum Gasteiger partial charge on any atom is 1.00 e. The van der Waals surface area contributed by atoms with E-state index in [2.05, 4.69) is 4.63 Å². The van der Waals surface area contributed by atoms with Crippen molar-refractivity contribution in [2.45, 2.75) is 0 Å². The van der Waals surface area contributed by atoms with E-state index >= 15 is 0 Å². The Hall–Kier alpha value is 2.16. The molecule has 0 aliphatic carbocycles. The van der Waals surface area contributed by atoms with Gasteiger partial charge in [0.15, 0.2) is 17.4 Å². The van der Waals surface area contributed by atoms with E-state index < -0.39 is 9.05 Å². The Kier molecular flexibility index (Phi) is 15.1. The van der Waals surface area contributed by atoms with E-state index in [4.69, 9.17) is 14.4 Å². The molecule has 0 radical (unpaired) electrons. The molecule has 0 unspecified atom stereocenters. The second kappa shape index (κ2) is 7.26. The van der Waals surface area contributed by atoms with Gasteiger partial charge in [-0.15, -0.1) is 0 Å². The van der Waals surface area contributed by atoms with Gasteiger partial charge in [-0.1, -0.05) is 4.53 Å². The van der Waals surface area contributed by atoms with Gasteiger partial charge >= 0.3 is 60.4 Å². The molecule has 8 heavy (non-hydrogen) atoms. The normalized spacial score (nSPS) is 9.00. The van der Waals surface area contributed by atoms with Crippen LogP contribution in [0.2, 0.25) is 0 Å². The summed E-state index contributed by atoms with van der Waals surface area (Å²) in [5, 5.41) is 0. The van der Waals surface area contributed by atoms with E-state index in [1.807, 2.05) is 0 Å². The molecule has 8 heteroatoms. The van der Waals surface area contributed by atoms with Gasteiger partial charge in [-0.05, 0) is 0 Å². The van der Waals surface area contributed by atoms with Crippen LogP contribution in [0.4, 0.5) is 4.53 Å². The van der Waals surface area contributed by atoms with Gasteiger partial charge < -0.3 is 15.8 Å². The maximum absolute atomic E-state index is 10.3. The summed E-state index contributed by atoms with van der Waals surface area (Å²) in [6.07, 6.45) is 0. The maximum atomic E-state index is 10.3. The summed E-state index contributed by atoms with van der Waals surface area (Å²) in [7, 11) is -4.80. The monoisotopic (exact) mass is 184 g/mol. The minimum Gasteiger partial charge on any atom is -1.00 e. The Morgan fingerprint density at radius 3 is 1.50 bits per heavy atom. The molecule has 0 rings (SSSR count). The number of hydrogen-bond acceptors (Lipinski definition) is 4. The molecule has 0 atom stereocenters. The predicted molar refractivity (Wildman–Crippen MR) is 25.7 cm³/mol. The van der Waals surface area contributed by atoms with Crippen LogP contribution in [0.1, 0.15) is 1.43 Å². The Morgan fingerprint density at radius 2 is 1.50 bits per heavy atom. The molecule has 0 heterocycles. The number of hydrogen-bond donors (Lipinski definition) is 3. The summed E-state index contributed by atoms with van der Waals surface area (Å²) in [4.78, 5) is 22.4. The first-order valence-corrected chi connectivity index (χ1v) is 2.78. The summed E-state index contributed by atoms with van der Waals surface area (Å²) in [5.41, 5.74) is 0. The first-order valence-electron chi connectivity index (χ1n) is 1.03. The van der Waals surface area contributed by atoms with E-state index in [0.29, 0.717) is 0 Å². The van der Waals surface area contributed by atoms with Crippen molar-refractivity contribution in [3.63, 3.8) is 0 Å². The minimum absolute atomic E-state index is 0. The topological polar surface area (TPSA) is 69.9 Å². The zero-order valence-corrected chi connectivity index (χ0v) is 7.75. The quantitative estimate of drug-likeness (QED) is 0.355. The summed E-state index contributed by atoms with van der Waals surface area (Å²) in [6, 6.07) is 0. The van der Waals surface area contributed by atoms with Crippen LogP contribution >= 0.6 is 0 Å². The van der Waals surface area contributed by atoms with Crippen molar-refractivity contribution in [2.24, 2.45) is 0 Å². The molecule has 0 saturated heterocycles. The summed E-state index contributed by atoms with van der Waals surface area (Å²) < 4.78 is 12.6. The van der Waals surface area contributed by atoms with Gasteiger partial charge in [0.25, 0.3) is 0 Å². The Bertz CT molecular complexity index is 50.3. The zero-order chi connectivity index (χ0) is 5.21. The smallest absolute Gasteiger partial charge is 1.00 e. The molecule has 0 bridgehead atoms. The van der Waals surface area contributed by atoms with Crippen LogP contribution < -0.4 is 51.4 Å². The molecule has 46 valence electrons. The van der Waals surface area contributed by atoms with Crippen LogP contribution in [0.25, 0.3) is 0 Å². The van der Waals surface area contributed by atoms with Crippen molar-refractivity contribution in [2.75, 3.05) is 0 Å². The van der Waals surface area contributed by atoms with Gasteiger partial charge in [-0.3, -0.25) is 0 Å². The van der Waals surface area contributed by atoms with Crippen molar-refractivity contribution < 1.29 is 76.4 Å². The molecule has 0 aromatic heterocycles. The van der Waals surface area contributed by atoms with Gasteiger partial charge in [-0.2, -0.15) is 4.63 Å². The molecule has 0 aromatic carbocycles. The van der Waals surface area contributed by atoms with Crippen LogP contribution in [0.3, 0.4) is 0 Å². The summed E-state index contributed by atoms with van der Waals surface area (Å²) in [6.45, 7) is 0.